The molecular weight excluding hydrogens is 335 g/mol. The number of alkyl halides is 3. The number of halogens is 4. The van der Waals surface area contributed by atoms with E-state index in [-0.39, 0.29) is 5.56 Å². The molecule has 0 atom stereocenters. The number of hydrogen-bond donors (Lipinski definition) is 0. The molecule has 0 spiro atoms. The van der Waals surface area contributed by atoms with Gasteiger partial charge in [-0.25, -0.2) is 0 Å². The number of pyridine rings is 1. The van der Waals surface area contributed by atoms with Gasteiger partial charge < -0.3 is 0 Å². The Morgan fingerprint density at radius 2 is 1.90 bits per heavy atom. The molecule has 1 aromatic carbocycles. The van der Waals surface area contributed by atoms with Crippen LogP contribution >= 0.6 is 15.9 Å². The Hall–Kier alpha value is -1.69. The van der Waals surface area contributed by atoms with E-state index in [1.165, 1.54) is 6.07 Å². The number of carbonyl (C=O) groups is 1. The lowest BCUT2D eigenvalue weighted by molar-refractivity contribution is -0.137. The largest absolute Gasteiger partial charge is 0.417 e. The molecule has 2 aromatic rings. The number of ketones is 1. The molecule has 1 heterocycles. The lowest BCUT2D eigenvalue weighted by Crippen LogP contribution is -2.14. The van der Waals surface area contributed by atoms with Gasteiger partial charge in [-0.05, 0) is 30.7 Å². The Kier molecular flexibility index (Phi) is 3.94. The molecule has 104 valence electrons. The number of aryl methyl sites for hydroxylation is 1. The molecule has 20 heavy (non-hydrogen) atoms. The van der Waals surface area contributed by atoms with Crippen LogP contribution in [0.4, 0.5) is 13.2 Å². The van der Waals surface area contributed by atoms with E-state index in [1.54, 1.807) is 12.1 Å². The lowest BCUT2D eigenvalue weighted by atomic mass is 9.99. The Bertz CT molecular complexity index is 668. The number of rotatable bonds is 2. The molecule has 6 heteroatoms. The third-order valence-electron chi connectivity index (χ3n) is 2.74. The smallest absolute Gasteiger partial charge is 0.288 e. The van der Waals surface area contributed by atoms with Crippen LogP contribution in [0.25, 0.3) is 0 Å². The molecule has 0 N–H and O–H groups in total. The summed E-state index contributed by atoms with van der Waals surface area (Å²) in [5.41, 5.74) is -0.362. The summed E-state index contributed by atoms with van der Waals surface area (Å²) in [5, 5.41) is 0. The molecule has 0 fully saturated rings. The normalized spacial score (nSPS) is 11.4. The van der Waals surface area contributed by atoms with E-state index in [9.17, 15) is 18.0 Å². The van der Waals surface area contributed by atoms with E-state index < -0.39 is 23.1 Å². The van der Waals surface area contributed by atoms with Gasteiger partial charge in [0.05, 0.1) is 11.1 Å². The van der Waals surface area contributed by atoms with E-state index in [4.69, 9.17) is 0 Å². The third kappa shape index (κ3) is 2.90. The quantitative estimate of drug-likeness (QED) is 0.756. The van der Waals surface area contributed by atoms with Crippen molar-refractivity contribution >= 4 is 21.7 Å². The molecule has 0 aliphatic rings. The highest BCUT2D eigenvalue weighted by atomic mass is 79.9. The van der Waals surface area contributed by atoms with Gasteiger partial charge in [-0.3, -0.25) is 9.78 Å². The first-order chi connectivity index (χ1) is 9.30. The molecule has 0 radical (unpaired) electrons. The predicted molar refractivity (Wildman–Crippen MR) is 71.6 cm³/mol. The van der Waals surface area contributed by atoms with Crippen LogP contribution in [0, 0.1) is 6.92 Å². The minimum absolute atomic E-state index is 0.175. The topological polar surface area (TPSA) is 30.0 Å². The van der Waals surface area contributed by atoms with Crippen LogP contribution in [0.3, 0.4) is 0 Å². The van der Waals surface area contributed by atoms with Crippen molar-refractivity contribution in [1.29, 1.82) is 0 Å². The fourth-order valence-electron chi connectivity index (χ4n) is 1.77. The molecule has 2 rings (SSSR count). The van der Waals surface area contributed by atoms with Crippen molar-refractivity contribution in [1.82, 2.24) is 4.98 Å². The minimum atomic E-state index is -4.59. The highest BCUT2D eigenvalue weighted by Crippen LogP contribution is 2.33. The van der Waals surface area contributed by atoms with E-state index in [0.29, 0.717) is 4.47 Å². The van der Waals surface area contributed by atoms with Gasteiger partial charge in [0.2, 0.25) is 0 Å². The van der Waals surface area contributed by atoms with Crippen molar-refractivity contribution in [3.8, 4) is 0 Å². The Labute approximate surface area is 121 Å². The summed E-state index contributed by atoms with van der Waals surface area (Å²) in [6.07, 6.45) is -2.63. The molecule has 1 aromatic heterocycles. The maximum absolute atomic E-state index is 12.9. The first kappa shape index (κ1) is 14.7. The summed E-state index contributed by atoms with van der Waals surface area (Å²) in [6, 6.07) is 5.64. The van der Waals surface area contributed by atoms with Crippen LogP contribution in [0.2, 0.25) is 0 Å². The highest BCUT2D eigenvalue weighted by Gasteiger charge is 2.35. The van der Waals surface area contributed by atoms with Crippen LogP contribution in [-0.2, 0) is 6.18 Å². The molecule has 0 unspecified atom stereocenters. The van der Waals surface area contributed by atoms with E-state index in [1.807, 2.05) is 6.92 Å². The number of hydrogen-bond acceptors (Lipinski definition) is 2. The lowest BCUT2D eigenvalue weighted by Gasteiger charge is -2.12. The van der Waals surface area contributed by atoms with Crippen LogP contribution in [0.15, 0.2) is 41.1 Å². The van der Waals surface area contributed by atoms with Crippen LogP contribution in [0.5, 0.6) is 0 Å². The van der Waals surface area contributed by atoms with Gasteiger partial charge in [0.15, 0.2) is 5.78 Å². The molecule has 0 saturated carbocycles. The van der Waals surface area contributed by atoms with E-state index in [2.05, 4.69) is 20.9 Å². The second-order valence-electron chi connectivity index (χ2n) is 4.23. The summed E-state index contributed by atoms with van der Waals surface area (Å²) < 4.78 is 39.2. The zero-order valence-electron chi connectivity index (χ0n) is 10.3. The first-order valence-corrected chi connectivity index (χ1v) is 6.42. The van der Waals surface area contributed by atoms with E-state index in [0.717, 1.165) is 24.0 Å². The highest BCUT2D eigenvalue weighted by molar-refractivity contribution is 9.10. The van der Waals surface area contributed by atoms with Gasteiger partial charge in [0, 0.05) is 22.4 Å². The van der Waals surface area contributed by atoms with Crippen molar-refractivity contribution in [2.24, 2.45) is 0 Å². The van der Waals surface area contributed by atoms with Crippen molar-refractivity contribution in [3.05, 3.63) is 63.4 Å². The SMILES string of the molecule is Cc1ccc(C(=O)c2cnccc2C(F)(F)F)c(Br)c1. The first-order valence-electron chi connectivity index (χ1n) is 5.63. The average molecular weight is 344 g/mol. The van der Waals surface area contributed by atoms with Gasteiger partial charge in [0.1, 0.15) is 0 Å². The Morgan fingerprint density at radius 3 is 2.50 bits per heavy atom. The van der Waals surface area contributed by atoms with Crippen molar-refractivity contribution in [3.63, 3.8) is 0 Å². The number of nitrogens with zero attached hydrogens (tertiary/aromatic N) is 1. The van der Waals surface area contributed by atoms with Crippen molar-refractivity contribution in [2.75, 3.05) is 0 Å². The zero-order chi connectivity index (χ0) is 14.9. The molecule has 0 amide bonds. The molecule has 0 saturated heterocycles. The average Bonchev–Trinajstić information content (AvgIpc) is 2.37. The summed E-state index contributed by atoms with van der Waals surface area (Å²) in [7, 11) is 0. The predicted octanol–water partition coefficient (Wildman–Crippen LogP) is 4.40. The minimum Gasteiger partial charge on any atom is -0.288 e. The maximum atomic E-state index is 12.9. The van der Waals surface area contributed by atoms with Gasteiger partial charge in [0.25, 0.3) is 0 Å². The fourth-order valence-corrected chi connectivity index (χ4v) is 2.45. The zero-order valence-corrected chi connectivity index (χ0v) is 11.9. The van der Waals surface area contributed by atoms with Crippen LogP contribution < -0.4 is 0 Å². The van der Waals surface area contributed by atoms with Crippen LogP contribution in [0.1, 0.15) is 27.0 Å². The summed E-state index contributed by atoms with van der Waals surface area (Å²) >= 11 is 3.20. The second-order valence-corrected chi connectivity index (χ2v) is 5.09. The van der Waals surface area contributed by atoms with Crippen molar-refractivity contribution < 1.29 is 18.0 Å². The summed E-state index contributed by atoms with van der Waals surface area (Å²) in [5.74, 6) is -0.711. The molecule has 2 nitrogen and oxygen atoms in total. The number of benzene rings is 1. The monoisotopic (exact) mass is 343 g/mol. The van der Waals surface area contributed by atoms with Gasteiger partial charge in [-0.2, -0.15) is 13.2 Å². The number of aromatic nitrogens is 1. The number of carbonyl (C=O) groups excluding carboxylic acids is 1. The Balaban J connectivity index is 2.55. The van der Waals surface area contributed by atoms with Gasteiger partial charge >= 0.3 is 6.18 Å². The van der Waals surface area contributed by atoms with Gasteiger partial charge in [-0.15, -0.1) is 0 Å². The van der Waals surface area contributed by atoms with Gasteiger partial charge in [-0.1, -0.05) is 22.0 Å². The molecule has 0 aliphatic carbocycles. The summed E-state index contributed by atoms with van der Waals surface area (Å²) in [4.78, 5) is 15.9. The third-order valence-corrected chi connectivity index (χ3v) is 3.40. The Morgan fingerprint density at radius 1 is 1.20 bits per heavy atom. The molecule has 0 aliphatic heterocycles. The second kappa shape index (κ2) is 5.36. The fraction of sp³-hybridized carbons (Fsp3) is 0.143. The summed E-state index contributed by atoms with van der Waals surface area (Å²) in [6.45, 7) is 1.82. The van der Waals surface area contributed by atoms with Crippen LogP contribution in [-0.4, -0.2) is 10.8 Å². The standard InChI is InChI=1S/C14H9BrF3NO/c1-8-2-3-9(12(15)6-8)13(20)10-7-19-5-4-11(10)14(16,17)18/h2-7H,1H3. The van der Waals surface area contributed by atoms with E-state index >= 15 is 0 Å². The molecule has 0 bridgehead atoms. The molecular formula is C14H9BrF3NO. The maximum Gasteiger partial charge on any atom is 0.417 e. The van der Waals surface area contributed by atoms with Crippen molar-refractivity contribution in [2.45, 2.75) is 13.1 Å².